The number of unbranched alkanes of at least 4 members (excludes halogenated alkanes) is 15. The number of hydrogen-bond acceptors (Lipinski definition) is 3. The van der Waals surface area contributed by atoms with Crippen molar-refractivity contribution < 1.29 is 4.74 Å². The van der Waals surface area contributed by atoms with E-state index in [1.54, 1.807) is 0 Å². The summed E-state index contributed by atoms with van der Waals surface area (Å²) in [4.78, 5) is 0. The lowest BCUT2D eigenvalue weighted by Crippen LogP contribution is -2.46. The summed E-state index contributed by atoms with van der Waals surface area (Å²) in [6.07, 6.45) is 25.8. The Morgan fingerprint density at radius 3 is 1.52 bits per heavy atom. The van der Waals surface area contributed by atoms with Gasteiger partial charge in [0.25, 0.3) is 0 Å². The molecule has 0 aromatic rings. The van der Waals surface area contributed by atoms with Crippen LogP contribution < -0.4 is 11.5 Å². The van der Waals surface area contributed by atoms with E-state index in [0.29, 0.717) is 0 Å². The van der Waals surface area contributed by atoms with Gasteiger partial charge in [0.05, 0.1) is 6.10 Å². The van der Waals surface area contributed by atoms with Crippen LogP contribution in [0.15, 0.2) is 0 Å². The predicted octanol–water partition coefficient (Wildman–Crippen LogP) is 6.47. The lowest BCUT2D eigenvalue weighted by Gasteiger charge is -2.32. The summed E-state index contributed by atoms with van der Waals surface area (Å²) >= 11 is 0. The first-order chi connectivity index (χ1) is 13.2. The van der Waals surface area contributed by atoms with Crippen molar-refractivity contribution >= 4 is 0 Å². The van der Waals surface area contributed by atoms with E-state index in [1.165, 1.54) is 103 Å². The molecular formula is C24H50N2O. The first-order valence-electron chi connectivity index (χ1n) is 12.4. The van der Waals surface area contributed by atoms with E-state index < -0.39 is 0 Å². The molecule has 3 nitrogen and oxygen atoms in total. The van der Waals surface area contributed by atoms with E-state index in [9.17, 15) is 0 Å². The van der Waals surface area contributed by atoms with Gasteiger partial charge in [-0.15, -0.1) is 0 Å². The standard InChI is InChI=1S/C24H50N2O/c1-2-3-4-5-6-7-8-9-10-11-12-13-14-15-16-17-20-27-24-19-18-22(25)21-23(24)26/h22-24H,2-21,25-26H2,1H3. The van der Waals surface area contributed by atoms with Crippen LogP contribution in [-0.4, -0.2) is 24.8 Å². The highest BCUT2D eigenvalue weighted by Crippen LogP contribution is 2.20. The maximum Gasteiger partial charge on any atom is 0.0727 e. The normalized spacial score (nSPS) is 23.0. The quantitative estimate of drug-likeness (QED) is 0.267. The Morgan fingerprint density at radius 2 is 1.07 bits per heavy atom. The molecule has 0 bridgehead atoms. The highest BCUT2D eigenvalue weighted by atomic mass is 16.5. The molecule has 1 rings (SSSR count). The van der Waals surface area contributed by atoms with Crippen LogP contribution in [0.1, 0.15) is 129 Å². The van der Waals surface area contributed by atoms with E-state index in [-0.39, 0.29) is 18.2 Å². The molecule has 27 heavy (non-hydrogen) atoms. The molecule has 162 valence electrons. The van der Waals surface area contributed by atoms with E-state index >= 15 is 0 Å². The van der Waals surface area contributed by atoms with Crippen molar-refractivity contribution in [2.45, 2.75) is 147 Å². The molecule has 0 saturated heterocycles. The zero-order valence-corrected chi connectivity index (χ0v) is 18.4. The van der Waals surface area contributed by atoms with Gasteiger partial charge >= 0.3 is 0 Å². The number of hydrogen-bond donors (Lipinski definition) is 2. The minimum Gasteiger partial charge on any atom is -0.377 e. The van der Waals surface area contributed by atoms with Crippen LogP contribution in [0.25, 0.3) is 0 Å². The van der Waals surface area contributed by atoms with Gasteiger partial charge in [-0.25, -0.2) is 0 Å². The van der Waals surface area contributed by atoms with Crippen LogP contribution in [0.2, 0.25) is 0 Å². The number of ether oxygens (including phenoxy) is 1. The number of nitrogens with two attached hydrogens (primary N) is 2. The molecule has 1 aliphatic rings. The van der Waals surface area contributed by atoms with Crippen LogP contribution >= 0.6 is 0 Å². The fourth-order valence-electron chi connectivity index (χ4n) is 4.30. The Balaban J connectivity index is 1.72. The molecule has 1 aliphatic carbocycles. The van der Waals surface area contributed by atoms with Crippen molar-refractivity contribution in [1.29, 1.82) is 0 Å². The first kappa shape index (κ1) is 24.9. The highest BCUT2D eigenvalue weighted by molar-refractivity contribution is 4.85. The fraction of sp³-hybridized carbons (Fsp3) is 1.00. The van der Waals surface area contributed by atoms with Gasteiger partial charge in [-0.1, -0.05) is 103 Å². The van der Waals surface area contributed by atoms with Crippen LogP contribution in [0.5, 0.6) is 0 Å². The predicted molar refractivity (Wildman–Crippen MR) is 119 cm³/mol. The third kappa shape index (κ3) is 14.5. The monoisotopic (exact) mass is 382 g/mol. The van der Waals surface area contributed by atoms with Crippen molar-refractivity contribution in [1.82, 2.24) is 0 Å². The molecule has 1 saturated carbocycles. The van der Waals surface area contributed by atoms with Gasteiger partial charge in [0, 0.05) is 18.7 Å². The third-order valence-electron chi connectivity index (χ3n) is 6.20. The molecular weight excluding hydrogens is 332 g/mol. The van der Waals surface area contributed by atoms with Gasteiger partial charge in [-0.05, 0) is 25.7 Å². The highest BCUT2D eigenvalue weighted by Gasteiger charge is 2.26. The van der Waals surface area contributed by atoms with Crippen molar-refractivity contribution in [3.05, 3.63) is 0 Å². The average Bonchev–Trinajstić information content (AvgIpc) is 2.65. The van der Waals surface area contributed by atoms with Gasteiger partial charge in [-0.3, -0.25) is 0 Å². The Hall–Kier alpha value is -0.120. The van der Waals surface area contributed by atoms with Gasteiger partial charge in [-0.2, -0.15) is 0 Å². The zero-order chi connectivity index (χ0) is 19.6. The summed E-state index contributed by atoms with van der Waals surface area (Å²) in [6, 6.07) is 0.435. The van der Waals surface area contributed by atoms with Gasteiger partial charge in [0.1, 0.15) is 0 Å². The van der Waals surface area contributed by atoms with Crippen molar-refractivity contribution in [3.63, 3.8) is 0 Å². The lowest BCUT2D eigenvalue weighted by atomic mass is 9.89. The molecule has 0 heterocycles. The van der Waals surface area contributed by atoms with Gasteiger partial charge < -0.3 is 16.2 Å². The molecule has 0 aliphatic heterocycles. The van der Waals surface area contributed by atoms with E-state index in [1.807, 2.05) is 0 Å². The molecule has 3 heteroatoms. The molecule has 0 radical (unpaired) electrons. The fourth-order valence-corrected chi connectivity index (χ4v) is 4.30. The minimum atomic E-state index is 0.148. The maximum atomic E-state index is 6.14. The second-order valence-electron chi connectivity index (χ2n) is 8.95. The number of rotatable bonds is 18. The van der Waals surface area contributed by atoms with Crippen molar-refractivity contribution in [2.75, 3.05) is 6.61 Å². The van der Waals surface area contributed by atoms with Crippen molar-refractivity contribution in [3.8, 4) is 0 Å². The Labute approximate surface area is 170 Å². The molecule has 0 aromatic heterocycles. The smallest absolute Gasteiger partial charge is 0.0727 e. The second kappa shape index (κ2) is 17.9. The topological polar surface area (TPSA) is 61.3 Å². The van der Waals surface area contributed by atoms with Gasteiger partial charge in [0.15, 0.2) is 0 Å². The summed E-state index contributed by atoms with van der Waals surface area (Å²) in [5.74, 6) is 0. The summed E-state index contributed by atoms with van der Waals surface area (Å²) in [5, 5.41) is 0. The van der Waals surface area contributed by atoms with Crippen LogP contribution in [0.3, 0.4) is 0 Å². The summed E-state index contributed by atoms with van der Waals surface area (Å²) in [6.45, 7) is 3.17. The lowest BCUT2D eigenvalue weighted by molar-refractivity contribution is 0.00978. The zero-order valence-electron chi connectivity index (χ0n) is 18.4. The van der Waals surface area contributed by atoms with Gasteiger partial charge in [0.2, 0.25) is 0 Å². The second-order valence-corrected chi connectivity index (χ2v) is 8.95. The minimum absolute atomic E-state index is 0.148. The third-order valence-corrected chi connectivity index (χ3v) is 6.20. The molecule has 0 aromatic carbocycles. The molecule has 3 unspecified atom stereocenters. The SMILES string of the molecule is CCCCCCCCCCCCCCCCCCOC1CCC(N)CC1N. The maximum absolute atomic E-state index is 6.14. The molecule has 0 spiro atoms. The van der Waals surface area contributed by atoms with Crippen LogP contribution in [-0.2, 0) is 4.74 Å². The Morgan fingerprint density at radius 1 is 0.630 bits per heavy atom. The van der Waals surface area contributed by atoms with E-state index in [4.69, 9.17) is 16.2 Å². The molecule has 1 fully saturated rings. The van der Waals surface area contributed by atoms with E-state index in [2.05, 4.69) is 6.92 Å². The Kier molecular flexibility index (Phi) is 16.6. The van der Waals surface area contributed by atoms with Crippen LogP contribution in [0.4, 0.5) is 0 Å². The molecule has 3 atom stereocenters. The van der Waals surface area contributed by atoms with Crippen LogP contribution in [0, 0.1) is 0 Å². The molecule has 4 N–H and O–H groups in total. The summed E-state index contributed by atoms with van der Waals surface area (Å²) < 4.78 is 5.98. The Bertz CT molecular complexity index is 311. The van der Waals surface area contributed by atoms with E-state index in [0.717, 1.165) is 25.9 Å². The largest absolute Gasteiger partial charge is 0.377 e. The average molecular weight is 383 g/mol. The summed E-state index contributed by atoms with van der Waals surface area (Å²) in [5.41, 5.74) is 12.1. The van der Waals surface area contributed by atoms with Crippen molar-refractivity contribution in [2.24, 2.45) is 11.5 Å². The molecule has 0 amide bonds. The first-order valence-corrected chi connectivity index (χ1v) is 12.4. The summed E-state index contributed by atoms with van der Waals surface area (Å²) in [7, 11) is 0.